The zero-order chi connectivity index (χ0) is 21.6. The quantitative estimate of drug-likeness (QED) is 0.547. The third-order valence-electron chi connectivity index (χ3n) is 3.66. The highest BCUT2D eigenvalue weighted by Gasteiger charge is 2.31. The molecule has 0 aliphatic heterocycles. The number of hydrogen-bond donors (Lipinski definition) is 1. The molecule has 0 saturated heterocycles. The summed E-state index contributed by atoms with van der Waals surface area (Å²) >= 11 is 0. The zero-order valence-corrected chi connectivity index (χ0v) is 15.6. The second-order valence-electron chi connectivity index (χ2n) is 6.29. The first-order valence-electron chi connectivity index (χ1n) is 8.52. The van der Waals surface area contributed by atoms with Crippen molar-refractivity contribution in [2.24, 2.45) is 5.92 Å². The molecule has 1 N–H and O–H groups in total. The molecule has 2 aromatic rings. The maximum atomic E-state index is 12.1. The number of Topliss-reactive ketones (excluding diaryl/α,β-unsaturated/α-hetero) is 1. The molecule has 1 amide bonds. The van der Waals surface area contributed by atoms with Gasteiger partial charge in [0.2, 0.25) is 5.91 Å². The van der Waals surface area contributed by atoms with Crippen molar-refractivity contribution in [1.82, 2.24) is 0 Å². The van der Waals surface area contributed by atoms with Gasteiger partial charge in [-0.05, 0) is 48.5 Å². The molecule has 29 heavy (non-hydrogen) atoms. The lowest BCUT2D eigenvalue weighted by Gasteiger charge is -2.09. The van der Waals surface area contributed by atoms with E-state index >= 15 is 0 Å². The van der Waals surface area contributed by atoms with Crippen molar-refractivity contribution in [2.45, 2.75) is 20.2 Å². The highest BCUT2D eigenvalue weighted by atomic mass is 19.4. The maximum absolute atomic E-state index is 12.1. The van der Waals surface area contributed by atoms with E-state index in [1.807, 2.05) is 0 Å². The molecular weight excluding hydrogens is 391 g/mol. The van der Waals surface area contributed by atoms with Gasteiger partial charge in [0.25, 0.3) is 0 Å². The summed E-state index contributed by atoms with van der Waals surface area (Å²) in [5, 5.41) is 2.68. The zero-order valence-electron chi connectivity index (χ0n) is 15.6. The molecule has 6 nitrogen and oxygen atoms in total. The van der Waals surface area contributed by atoms with Crippen LogP contribution in [-0.2, 0) is 9.53 Å². The van der Waals surface area contributed by atoms with Crippen molar-refractivity contribution in [3.8, 4) is 5.75 Å². The Bertz CT molecular complexity index is 874. The van der Waals surface area contributed by atoms with E-state index in [0.29, 0.717) is 5.69 Å². The standard InChI is InChI=1S/C20H18F3NO5/c1-12(2)18(26)24-15-7-3-13(4-8-15)17(25)11-28-19(27)14-5-9-16(10-6-14)29-20(21,22)23/h3-10,12H,11H2,1-2H3,(H,24,26). The number of carbonyl (C=O) groups excluding carboxylic acids is 3. The fourth-order valence-electron chi connectivity index (χ4n) is 2.12. The van der Waals surface area contributed by atoms with Crippen LogP contribution in [0.15, 0.2) is 48.5 Å². The lowest BCUT2D eigenvalue weighted by atomic mass is 10.1. The number of ether oxygens (including phenoxy) is 2. The second kappa shape index (κ2) is 9.22. The molecule has 2 aromatic carbocycles. The molecule has 0 spiro atoms. The molecule has 0 aliphatic rings. The van der Waals surface area contributed by atoms with Crippen LogP contribution < -0.4 is 10.1 Å². The molecule has 2 rings (SSSR count). The molecule has 0 saturated carbocycles. The van der Waals surface area contributed by atoms with E-state index in [-0.39, 0.29) is 23.0 Å². The van der Waals surface area contributed by atoms with E-state index in [4.69, 9.17) is 4.74 Å². The van der Waals surface area contributed by atoms with Crippen LogP contribution in [0.2, 0.25) is 0 Å². The van der Waals surface area contributed by atoms with Crippen molar-refractivity contribution in [3.63, 3.8) is 0 Å². The molecule has 0 fully saturated rings. The van der Waals surface area contributed by atoms with Crippen LogP contribution in [0, 0.1) is 5.92 Å². The number of amides is 1. The Hall–Kier alpha value is -3.36. The van der Waals surface area contributed by atoms with Crippen LogP contribution >= 0.6 is 0 Å². The van der Waals surface area contributed by atoms with Crippen LogP contribution in [0.1, 0.15) is 34.6 Å². The molecular formula is C20H18F3NO5. The number of ketones is 1. The Kier molecular flexibility index (Phi) is 6.98. The predicted octanol–water partition coefficient (Wildman–Crippen LogP) is 4.22. The molecule has 154 valence electrons. The first-order valence-corrected chi connectivity index (χ1v) is 8.52. The van der Waals surface area contributed by atoms with Gasteiger partial charge in [0.1, 0.15) is 5.75 Å². The SMILES string of the molecule is CC(C)C(=O)Nc1ccc(C(=O)COC(=O)c2ccc(OC(F)(F)F)cc2)cc1. The number of anilines is 1. The van der Waals surface area contributed by atoms with Crippen LogP contribution in [-0.4, -0.2) is 30.6 Å². The first kappa shape index (κ1) is 21.9. The number of alkyl halides is 3. The van der Waals surface area contributed by atoms with Crippen molar-refractivity contribution in [3.05, 3.63) is 59.7 Å². The minimum absolute atomic E-state index is 0.0286. The van der Waals surface area contributed by atoms with Crippen molar-refractivity contribution in [1.29, 1.82) is 0 Å². The van der Waals surface area contributed by atoms with Gasteiger partial charge in [-0.3, -0.25) is 9.59 Å². The van der Waals surface area contributed by atoms with E-state index in [0.717, 1.165) is 24.3 Å². The Morgan fingerprint density at radius 2 is 1.48 bits per heavy atom. The van der Waals surface area contributed by atoms with E-state index in [9.17, 15) is 27.6 Å². The molecule has 0 radical (unpaired) electrons. The van der Waals surface area contributed by atoms with Gasteiger partial charge in [0.15, 0.2) is 12.4 Å². The van der Waals surface area contributed by atoms with Gasteiger partial charge in [-0.25, -0.2) is 4.79 Å². The average molecular weight is 409 g/mol. The van der Waals surface area contributed by atoms with Crippen LogP contribution in [0.3, 0.4) is 0 Å². The lowest BCUT2D eigenvalue weighted by molar-refractivity contribution is -0.274. The summed E-state index contributed by atoms with van der Waals surface area (Å²) in [6.45, 7) is 2.95. The highest BCUT2D eigenvalue weighted by molar-refractivity contribution is 6.00. The largest absolute Gasteiger partial charge is 0.573 e. The fourth-order valence-corrected chi connectivity index (χ4v) is 2.12. The molecule has 9 heteroatoms. The monoisotopic (exact) mass is 409 g/mol. The summed E-state index contributed by atoms with van der Waals surface area (Å²) in [4.78, 5) is 35.7. The summed E-state index contributed by atoms with van der Waals surface area (Å²) in [6, 6.07) is 10.2. The van der Waals surface area contributed by atoms with Gasteiger partial charge in [-0.15, -0.1) is 13.2 Å². The Morgan fingerprint density at radius 1 is 0.931 bits per heavy atom. The summed E-state index contributed by atoms with van der Waals surface area (Å²) in [6.07, 6.45) is -4.83. The summed E-state index contributed by atoms with van der Waals surface area (Å²) in [7, 11) is 0. The van der Waals surface area contributed by atoms with Gasteiger partial charge in [0, 0.05) is 17.2 Å². The average Bonchev–Trinajstić information content (AvgIpc) is 2.65. The smallest absolute Gasteiger partial charge is 0.454 e. The van der Waals surface area contributed by atoms with Crippen molar-refractivity contribution in [2.75, 3.05) is 11.9 Å². The normalized spacial score (nSPS) is 11.1. The van der Waals surface area contributed by atoms with Gasteiger partial charge in [0.05, 0.1) is 5.56 Å². The molecule has 0 heterocycles. The fraction of sp³-hybridized carbons (Fsp3) is 0.250. The highest BCUT2D eigenvalue weighted by Crippen LogP contribution is 2.23. The number of halogens is 3. The third kappa shape index (κ3) is 6.95. The minimum Gasteiger partial charge on any atom is -0.454 e. The Labute approximate surface area is 164 Å². The number of nitrogens with one attached hydrogen (secondary N) is 1. The number of rotatable bonds is 7. The van der Waals surface area contributed by atoms with Crippen LogP contribution in [0.25, 0.3) is 0 Å². The predicted molar refractivity (Wildman–Crippen MR) is 97.6 cm³/mol. The Balaban J connectivity index is 1.89. The first-order chi connectivity index (χ1) is 13.5. The van der Waals surface area contributed by atoms with E-state index in [2.05, 4.69) is 10.1 Å². The van der Waals surface area contributed by atoms with Gasteiger partial charge in [-0.1, -0.05) is 13.8 Å². The second-order valence-corrected chi connectivity index (χ2v) is 6.29. The molecule has 0 atom stereocenters. The molecule has 0 unspecified atom stereocenters. The van der Waals surface area contributed by atoms with Crippen molar-refractivity contribution >= 4 is 23.3 Å². The summed E-state index contributed by atoms with van der Waals surface area (Å²) in [5.74, 6) is -2.17. The summed E-state index contributed by atoms with van der Waals surface area (Å²) < 4.78 is 45.0. The van der Waals surface area contributed by atoms with Crippen LogP contribution in [0.4, 0.5) is 18.9 Å². The van der Waals surface area contributed by atoms with E-state index in [1.165, 1.54) is 12.1 Å². The summed E-state index contributed by atoms with van der Waals surface area (Å²) in [5.41, 5.74) is 0.770. The third-order valence-corrected chi connectivity index (χ3v) is 3.66. The van der Waals surface area contributed by atoms with Crippen LogP contribution in [0.5, 0.6) is 5.75 Å². The molecule has 0 aromatic heterocycles. The maximum Gasteiger partial charge on any atom is 0.573 e. The van der Waals surface area contributed by atoms with E-state index < -0.39 is 30.5 Å². The topological polar surface area (TPSA) is 81.7 Å². The number of carbonyl (C=O) groups is 3. The van der Waals surface area contributed by atoms with Crippen molar-refractivity contribution < 1.29 is 37.0 Å². The van der Waals surface area contributed by atoms with Gasteiger partial charge >= 0.3 is 12.3 Å². The molecule has 0 aliphatic carbocycles. The molecule has 0 bridgehead atoms. The minimum atomic E-state index is -4.83. The number of benzene rings is 2. The van der Waals surface area contributed by atoms with Gasteiger partial charge < -0.3 is 14.8 Å². The Morgan fingerprint density at radius 3 is 2.00 bits per heavy atom. The number of esters is 1. The van der Waals surface area contributed by atoms with E-state index in [1.54, 1.807) is 26.0 Å². The number of hydrogen-bond acceptors (Lipinski definition) is 5. The lowest BCUT2D eigenvalue weighted by Crippen LogP contribution is -2.18. The van der Waals surface area contributed by atoms with Gasteiger partial charge in [-0.2, -0.15) is 0 Å².